The lowest BCUT2D eigenvalue weighted by Crippen LogP contribution is -1.97. The summed E-state index contributed by atoms with van der Waals surface area (Å²) in [5.74, 6) is 0.967. The van der Waals surface area contributed by atoms with E-state index in [1.165, 1.54) is 17.5 Å². The Morgan fingerprint density at radius 3 is 1.95 bits per heavy atom. The lowest BCUT2D eigenvalue weighted by Gasteiger charge is -2.07. The average molecular weight is 269 g/mol. The maximum Gasteiger partial charge on any atom is 0.119 e. The third kappa shape index (κ3) is 4.61. The third-order valence-electron chi connectivity index (χ3n) is 3.37. The number of unbranched alkanes of at least 4 members (excludes halogenated alkanes) is 1. The molecule has 2 N–H and O–H groups in total. The van der Waals surface area contributed by atoms with Crippen molar-refractivity contribution < 1.29 is 4.74 Å². The molecule has 2 aromatic rings. The van der Waals surface area contributed by atoms with Gasteiger partial charge in [-0.25, -0.2) is 0 Å². The van der Waals surface area contributed by atoms with Crippen molar-refractivity contribution in [2.45, 2.75) is 32.6 Å². The quantitative estimate of drug-likeness (QED) is 0.603. The van der Waals surface area contributed by atoms with Gasteiger partial charge in [0.1, 0.15) is 5.75 Å². The molecule has 0 aliphatic carbocycles. The highest BCUT2D eigenvalue weighted by Crippen LogP contribution is 2.15. The predicted octanol–water partition coefficient (Wildman–Crippen LogP) is 4.23. The molecular weight excluding hydrogens is 246 g/mol. The monoisotopic (exact) mass is 269 g/mol. The number of rotatable bonds is 7. The van der Waals surface area contributed by atoms with Gasteiger partial charge < -0.3 is 10.5 Å². The highest BCUT2D eigenvalue weighted by atomic mass is 16.5. The van der Waals surface area contributed by atoms with Crippen LogP contribution in [-0.4, -0.2) is 6.61 Å². The summed E-state index contributed by atoms with van der Waals surface area (Å²) in [5, 5.41) is 0. The lowest BCUT2D eigenvalue weighted by molar-refractivity contribution is 0.309. The normalized spacial score (nSPS) is 10.4. The molecule has 0 atom stereocenters. The number of nitrogens with two attached hydrogens (primary N) is 1. The van der Waals surface area contributed by atoms with E-state index in [0.29, 0.717) is 0 Å². The lowest BCUT2D eigenvalue weighted by atomic mass is 10.0. The zero-order chi connectivity index (χ0) is 14.2. The second kappa shape index (κ2) is 7.59. The van der Waals surface area contributed by atoms with Gasteiger partial charge in [0.25, 0.3) is 0 Å². The standard InChI is InChI=1S/C18H23NO/c1-2-3-14-20-18-12-8-16(9-13-18)5-4-15-6-10-17(19)11-7-15/h6-13H,2-5,14,19H2,1H3. The van der Waals surface area contributed by atoms with Crippen LogP contribution in [-0.2, 0) is 12.8 Å². The predicted molar refractivity (Wildman–Crippen MR) is 85.1 cm³/mol. The van der Waals surface area contributed by atoms with Crippen LogP contribution >= 0.6 is 0 Å². The van der Waals surface area contributed by atoms with Crippen LogP contribution < -0.4 is 10.5 Å². The Labute approximate surface area is 121 Å². The molecular formula is C18H23NO. The summed E-state index contributed by atoms with van der Waals surface area (Å²) >= 11 is 0. The SMILES string of the molecule is CCCCOc1ccc(CCc2ccc(N)cc2)cc1. The first-order valence-corrected chi connectivity index (χ1v) is 7.34. The average Bonchev–Trinajstić information content (AvgIpc) is 2.48. The van der Waals surface area contributed by atoms with Crippen molar-refractivity contribution in [2.24, 2.45) is 0 Å². The van der Waals surface area contributed by atoms with Gasteiger partial charge in [0.15, 0.2) is 0 Å². The number of hydrogen-bond acceptors (Lipinski definition) is 2. The fraction of sp³-hybridized carbons (Fsp3) is 0.333. The number of anilines is 1. The van der Waals surface area contributed by atoms with Crippen LogP contribution in [0.3, 0.4) is 0 Å². The molecule has 0 heterocycles. The van der Waals surface area contributed by atoms with Crippen LogP contribution in [0.4, 0.5) is 5.69 Å². The summed E-state index contributed by atoms with van der Waals surface area (Å²) in [6, 6.07) is 16.5. The van der Waals surface area contributed by atoms with Gasteiger partial charge in [0, 0.05) is 5.69 Å². The first-order chi connectivity index (χ1) is 9.78. The topological polar surface area (TPSA) is 35.2 Å². The van der Waals surface area contributed by atoms with E-state index in [1.807, 2.05) is 12.1 Å². The summed E-state index contributed by atoms with van der Waals surface area (Å²) in [7, 11) is 0. The molecule has 0 aliphatic rings. The minimum atomic E-state index is 0.807. The fourth-order valence-corrected chi connectivity index (χ4v) is 2.06. The number of benzene rings is 2. The van der Waals surface area contributed by atoms with Gasteiger partial charge in [-0.15, -0.1) is 0 Å². The zero-order valence-electron chi connectivity index (χ0n) is 12.1. The number of hydrogen-bond donors (Lipinski definition) is 1. The minimum absolute atomic E-state index is 0.807. The van der Waals surface area contributed by atoms with Gasteiger partial charge >= 0.3 is 0 Å². The Kier molecular flexibility index (Phi) is 5.48. The molecule has 0 bridgehead atoms. The van der Waals surface area contributed by atoms with Crippen molar-refractivity contribution in [2.75, 3.05) is 12.3 Å². The Morgan fingerprint density at radius 1 is 0.850 bits per heavy atom. The fourth-order valence-electron chi connectivity index (χ4n) is 2.06. The largest absolute Gasteiger partial charge is 0.494 e. The summed E-state index contributed by atoms with van der Waals surface area (Å²) < 4.78 is 5.66. The molecule has 0 spiro atoms. The van der Waals surface area contributed by atoms with Crippen LogP contribution in [0.1, 0.15) is 30.9 Å². The van der Waals surface area contributed by atoms with E-state index in [4.69, 9.17) is 10.5 Å². The van der Waals surface area contributed by atoms with Crippen molar-refractivity contribution in [3.63, 3.8) is 0 Å². The van der Waals surface area contributed by atoms with Crippen molar-refractivity contribution in [1.29, 1.82) is 0 Å². The first kappa shape index (κ1) is 14.4. The van der Waals surface area contributed by atoms with Crippen molar-refractivity contribution in [3.05, 3.63) is 59.7 Å². The van der Waals surface area contributed by atoms with Crippen molar-refractivity contribution in [1.82, 2.24) is 0 Å². The Balaban J connectivity index is 1.82. The maximum absolute atomic E-state index is 5.69. The molecule has 2 heteroatoms. The molecule has 0 amide bonds. The second-order valence-corrected chi connectivity index (χ2v) is 5.09. The van der Waals surface area contributed by atoms with Crippen molar-refractivity contribution in [3.8, 4) is 5.75 Å². The van der Waals surface area contributed by atoms with E-state index >= 15 is 0 Å². The van der Waals surface area contributed by atoms with Crippen LogP contribution in [0.2, 0.25) is 0 Å². The molecule has 0 unspecified atom stereocenters. The van der Waals surface area contributed by atoms with E-state index in [1.54, 1.807) is 0 Å². The van der Waals surface area contributed by atoms with Gasteiger partial charge in [-0.3, -0.25) is 0 Å². The molecule has 0 aliphatic heterocycles. The van der Waals surface area contributed by atoms with Gasteiger partial charge in [-0.1, -0.05) is 37.6 Å². The van der Waals surface area contributed by atoms with Crippen LogP contribution in [0.15, 0.2) is 48.5 Å². The minimum Gasteiger partial charge on any atom is -0.494 e. The molecule has 2 nitrogen and oxygen atoms in total. The highest BCUT2D eigenvalue weighted by molar-refractivity contribution is 5.39. The van der Waals surface area contributed by atoms with Crippen LogP contribution in [0, 0.1) is 0 Å². The molecule has 2 aromatic carbocycles. The maximum atomic E-state index is 5.69. The highest BCUT2D eigenvalue weighted by Gasteiger charge is 1.98. The number of nitrogen functional groups attached to an aromatic ring is 1. The van der Waals surface area contributed by atoms with E-state index in [2.05, 4.69) is 43.3 Å². The van der Waals surface area contributed by atoms with E-state index in [0.717, 1.165) is 37.3 Å². The molecule has 0 saturated heterocycles. The third-order valence-corrected chi connectivity index (χ3v) is 3.37. The van der Waals surface area contributed by atoms with Gasteiger partial charge in [-0.05, 0) is 54.7 Å². The Hall–Kier alpha value is -1.96. The van der Waals surface area contributed by atoms with Crippen LogP contribution in [0.5, 0.6) is 5.75 Å². The number of aryl methyl sites for hydroxylation is 2. The molecule has 20 heavy (non-hydrogen) atoms. The zero-order valence-corrected chi connectivity index (χ0v) is 12.1. The van der Waals surface area contributed by atoms with Gasteiger partial charge in [0.2, 0.25) is 0 Å². The smallest absolute Gasteiger partial charge is 0.119 e. The van der Waals surface area contributed by atoms with Crippen molar-refractivity contribution >= 4 is 5.69 Å². The molecule has 106 valence electrons. The number of ether oxygens (including phenoxy) is 1. The first-order valence-electron chi connectivity index (χ1n) is 7.34. The molecule has 0 saturated carbocycles. The van der Waals surface area contributed by atoms with E-state index in [9.17, 15) is 0 Å². The van der Waals surface area contributed by atoms with E-state index < -0.39 is 0 Å². The Bertz CT molecular complexity index is 502. The summed E-state index contributed by atoms with van der Waals surface area (Å²) in [5.41, 5.74) is 9.17. The molecule has 0 radical (unpaired) electrons. The summed E-state index contributed by atoms with van der Waals surface area (Å²) in [6.45, 7) is 2.98. The van der Waals surface area contributed by atoms with E-state index in [-0.39, 0.29) is 0 Å². The molecule has 2 rings (SSSR count). The van der Waals surface area contributed by atoms with Gasteiger partial charge in [-0.2, -0.15) is 0 Å². The summed E-state index contributed by atoms with van der Waals surface area (Å²) in [6.07, 6.45) is 4.36. The Morgan fingerprint density at radius 2 is 1.40 bits per heavy atom. The van der Waals surface area contributed by atoms with Gasteiger partial charge in [0.05, 0.1) is 6.61 Å². The second-order valence-electron chi connectivity index (χ2n) is 5.09. The summed E-state index contributed by atoms with van der Waals surface area (Å²) in [4.78, 5) is 0. The molecule has 0 fully saturated rings. The molecule has 0 aromatic heterocycles. The van der Waals surface area contributed by atoms with Crippen LogP contribution in [0.25, 0.3) is 0 Å².